The summed E-state index contributed by atoms with van der Waals surface area (Å²) in [6.45, 7) is 4.67. The maximum absolute atomic E-state index is 8.45. The quantitative estimate of drug-likeness (QED) is 0.461. The average molecular weight is 142 g/mol. The highest BCUT2D eigenvalue weighted by atomic mass is 16.2. The zero-order chi connectivity index (χ0) is 7.82. The molecule has 0 fully saturated rings. The second-order valence-electron chi connectivity index (χ2n) is 2.89. The lowest BCUT2D eigenvalue weighted by Crippen LogP contribution is -1.81. The van der Waals surface area contributed by atoms with E-state index in [1.54, 1.807) is 0 Å². The van der Waals surface area contributed by atoms with Crippen LogP contribution in [0, 0.1) is 5.92 Å². The Labute approximate surface area is 63.8 Å². The molecule has 0 aliphatic rings. The van der Waals surface area contributed by atoms with Gasteiger partial charge in [-0.2, -0.15) is 0 Å². The van der Waals surface area contributed by atoms with E-state index in [4.69, 9.17) is 5.11 Å². The highest BCUT2D eigenvalue weighted by Crippen LogP contribution is 1.99. The van der Waals surface area contributed by atoms with Crippen molar-refractivity contribution in [1.82, 2.24) is 0 Å². The molecular weight excluding hydrogens is 124 g/mol. The molecule has 0 aliphatic heterocycles. The first-order valence-electron chi connectivity index (χ1n) is 4.05. The van der Waals surface area contributed by atoms with E-state index < -0.39 is 0 Å². The molecule has 0 heterocycles. The molecule has 0 unspecified atom stereocenters. The van der Waals surface area contributed by atoms with Crippen LogP contribution in [0.1, 0.15) is 33.1 Å². The third-order valence-electron chi connectivity index (χ3n) is 1.30. The molecule has 0 aromatic carbocycles. The predicted molar refractivity (Wildman–Crippen MR) is 44.9 cm³/mol. The van der Waals surface area contributed by atoms with Gasteiger partial charge in [0.15, 0.2) is 0 Å². The van der Waals surface area contributed by atoms with Gasteiger partial charge in [-0.3, -0.25) is 0 Å². The number of allylic oxidation sites excluding steroid dienone is 2. The first kappa shape index (κ1) is 9.70. The summed E-state index contributed by atoms with van der Waals surface area (Å²) in [5.41, 5.74) is 0. The lowest BCUT2D eigenvalue weighted by molar-refractivity contribution is 0.285. The van der Waals surface area contributed by atoms with Gasteiger partial charge in [0.2, 0.25) is 0 Å². The average Bonchev–Trinajstić information content (AvgIpc) is 1.87. The van der Waals surface area contributed by atoms with Gasteiger partial charge < -0.3 is 5.11 Å². The van der Waals surface area contributed by atoms with Crippen molar-refractivity contribution in [3.63, 3.8) is 0 Å². The first-order valence-corrected chi connectivity index (χ1v) is 4.05. The van der Waals surface area contributed by atoms with Crippen molar-refractivity contribution in [1.29, 1.82) is 0 Å². The predicted octanol–water partition coefficient (Wildman–Crippen LogP) is 2.36. The number of aliphatic hydroxyl groups is 1. The topological polar surface area (TPSA) is 20.2 Å². The number of unbranched alkanes of at least 4 members (excludes halogenated alkanes) is 2. The molecule has 1 N–H and O–H groups in total. The van der Waals surface area contributed by atoms with Gasteiger partial charge in [0, 0.05) is 6.61 Å². The Balaban J connectivity index is 3.02. The summed E-state index contributed by atoms with van der Waals surface area (Å²) in [5.74, 6) is 0.661. The number of aliphatic hydroxyl groups excluding tert-OH is 1. The van der Waals surface area contributed by atoms with Gasteiger partial charge in [-0.05, 0) is 25.2 Å². The van der Waals surface area contributed by atoms with Crippen LogP contribution in [-0.4, -0.2) is 11.7 Å². The van der Waals surface area contributed by atoms with Crippen molar-refractivity contribution in [3.8, 4) is 0 Å². The monoisotopic (exact) mass is 142 g/mol. The standard InChI is InChI=1S/C9H18O/c1-9(2)7-5-3-4-6-8-10/h5,7,9-10H,3-4,6,8H2,1-2H3/b7-5+. The normalized spacial score (nSPS) is 11.6. The lowest BCUT2D eigenvalue weighted by Gasteiger charge is -1.93. The molecule has 1 heteroatoms. The van der Waals surface area contributed by atoms with Gasteiger partial charge in [-0.1, -0.05) is 26.0 Å². The molecule has 0 atom stereocenters. The fourth-order valence-electron chi connectivity index (χ4n) is 0.742. The van der Waals surface area contributed by atoms with E-state index in [9.17, 15) is 0 Å². The van der Waals surface area contributed by atoms with E-state index in [0.717, 1.165) is 19.3 Å². The molecule has 10 heavy (non-hydrogen) atoms. The summed E-state index contributed by atoms with van der Waals surface area (Å²) in [6, 6.07) is 0. The Morgan fingerprint density at radius 1 is 1.30 bits per heavy atom. The molecule has 0 aromatic heterocycles. The van der Waals surface area contributed by atoms with Crippen LogP contribution in [-0.2, 0) is 0 Å². The Kier molecular flexibility index (Phi) is 6.61. The maximum atomic E-state index is 8.45. The zero-order valence-electron chi connectivity index (χ0n) is 7.01. The third-order valence-corrected chi connectivity index (χ3v) is 1.30. The number of hydrogen-bond acceptors (Lipinski definition) is 1. The van der Waals surface area contributed by atoms with E-state index in [1.807, 2.05) is 0 Å². The summed E-state index contributed by atoms with van der Waals surface area (Å²) >= 11 is 0. The van der Waals surface area contributed by atoms with Crippen LogP contribution in [0.5, 0.6) is 0 Å². The van der Waals surface area contributed by atoms with Crippen LogP contribution in [0.15, 0.2) is 12.2 Å². The fraction of sp³-hybridized carbons (Fsp3) is 0.778. The molecule has 0 aromatic rings. The lowest BCUT2D eigenvalue weighted by atomic mass is 10.1. The van der Waals surface area contributed by atoms with Crippen LogP contribution in [0.2, 0.25) is 0 Å². The summed E-state index contributed by atoms with van der Waals surface area (Å²) in [4.78, 5) is 0. The molecule has 0 aliphatic carbocycles. The van der Waals surface area contributed by atoms with Crippen molar-refractivity contribution >= 4 is 0 Å². The van der Waals surface area contributed by atoms with Crippen molar-refractivity contribution < 1.29 is 5.11 Å². The Hall–Kier alpha value is -0.300. The highest BCUT2D eigenvalue weighted by Gasteiger charge is 1.84. The fourth-order valence-corrected chi connectivity index (χ4v) is 0.742. The Morgan fingerprint density at radius 3 is 2.50 bits per heavy atom. The minimum atomic E-state index is 0.329. The van der Waals surface area contributed by atoms with Gasteiger partial charge in [0.1, 0.15) is 0 Å². The Bertz CT molecular complexity index is 84.7. The molecule has 0 bridgehead atoms. The molecule has 0 spiro atoms. The number of rotatable bonds is 5. The van der Waals surface area contributed by atoms with Crippen molar-refractivity contribution in [2.75, 3.05) is 6.61 Å². The Morgan fingerprint density at radius 2 is 2.00 bits per heavy atom. The second-order valence-corrected chi connectivity index (χ2v) is 2.89. The summed E-state index contributed by atoms with van der Waals surface area (Å²) < 4.78 is 0. The van der Waals surface area contributed by atoms with Gasteiger partial charge in [0.25, 0.3) is 0 Å². The molecule has 0 saturated carbocycles. The molecule has 0 rings (SSSR count). The van der Waals surface area contributed by atoms with Gasteiger partial charge in [-0.25, -0.2) is 0 Å². The first-order chi connectivity index (χ1) is 4.77. The molecule has 0 saturated heterocycles. The minimum absolute atomic E-state index is 0.329. The van der Waals surface area contributed by atoms with E-state index >= 15 is 0 Å². The van der Waals surface area contributed by atoms with E-state index in [1.165, 1.54) is 0 Å². The van der Waals surface area contributed by atoms with Gasteiger partial charge >= 0.3 is 0 Å². The van der Waals surface area contributed by atoms with Gasteiger partial charge in [0.05, 0.1) is 0 Å². The van der Waals surface area contributed by atoms with E-state index in [2.05, 4.69) is 26.0 Å². The highest BCUT2D eigenvalue weighted by molar-refractivity contribution is 4.83. The molecule has 0 radical (unpaired) electrons. The smallest absolute Gasteiger partial charge is 0.0431 e. The van der Waals surface area contributed by atoms with Crippen LogP contribution in [0.3, 0.4) is 0 Å². The second kappa shape index (κ2) is 6.81. The summed E-state index contributed by atoms with van der Waals surface area (Å²) in [5, 5.41) is 8.45. The minimum Gasteiger partial charge on any atom is -0.396 e. The molecular formula is C9H18O. The zero-order valence-corrected chi connectivity index (χ0v) is 7.01. The van der Waals surface area contributed by atoms with Crippen LogP contribution >= 0.6 is 0 Å². The van der Waals surface area contributed by atoms with Crippen molar-refractivity contribution in [2.45, 2.75) is 33.1 Å². The van der Waals surface area contributed by atoms with Crippen LogP contribution in [0.4, 0.5) is 0 Å². The largest absolute Gasteiger partial charge is 0.396 e. The summed E-state index contributed by atoms with van der Waals surface area (Å²) in [7, 11) is 0. The SMILES string of the molecule is CC(C)/C=C/CCCCO. The van der Waals surface area contributed by atoms with Crippen LogP contribution < -0.4 is 0 Å². The van der Waals surface area contributed by atoms with Crippen molar-refractivity contribution in [3.05, 3.63) is 12.2 Å². The van der Waals surface area contributed by atoms with Gasteiger partial charge in [-0.15, -0.1) is 0 Å². The molecule has 0 amide bonds. The van der Waals surface area contributed by atoms with Crippen molar-refractivity contribution in [2.24, 2.45) is 5.92 Å². The molecule has 60 valence electrons. The number of hydrogen-bond donors (Lipinski definition) is 1. The summed E-state index contributed by atoms with van der Waals surface area (Å²) in [6.07, 6.45) is 7.55. The third kappa shape index (κ3) is 7.70. The molecule has 1 nitrogen and oxygen atoms in total. The van der Waals surface area contributed by atoms with E-state index in [0.29, 0.717) is 12.5 Å². The maximum Gasteiger partial charge on any atom is 0.0431 e. The van der Waals surface area contributed by atoms with E-state index in [-0.39, 0.29) is 0 Å². The van der Waals surface area contributed by atoms with Crippen LogP contribution in [0.25, 0.3) is 0 Å².